The minimum absolute atomic E-state index is 0.0505. The first-order chi connectivity index (χ1) is 9.96. The second-order valence-corrected chi connectivity index (χ2v) is 4.42. The maximum absolute atomic E-state index is 11.7. The number of carbonyl (C=O) groups excluding carboxylic acids is 3. The molecule has 1 N–H and O–H groups in total. The Morgan fingerprint density at radius 1 is 1.14 bits per heavy atom. The summed E-state index contributed by atoms with van der Waals surface area (Å²) in [7, 11) is 2.54. The molecule has 0 bridgehead atoms. The van der Waals surface area contributed by atoms with E-state index >= 15 is 0 Å². The molecule has 1 unspecified atom stereocenters. The number of nitrogens with one attached hydrogen (secondary N) is 1. The van der Waals surface area contributed by atoms with Crippen LogP contribution in [0.5, 0.6) is 0 Å². The third-order valence-electron chi connectivity index (χ3n) is 2.59. The van der Waals surface area contributed by atoms with Crippen LogP contribution in [0.2, 0.25) is 0 Å². The van der Waals surface area contributed by atoms with Crippen molar-refractivity contribution in [1.29, 1.82) is 0 Å². The predicted octanol–water partition coefficient (Wildman–Crippen LogP) is 0.791. The molecule has 1 amide bonds. The Hall–Kier alpha value is -2.51. The molecule has 1 atom stereocenters. The van der Waals surface area contributed by atoms with Gasteiger partial charge in [-0.25, -0.2) is 14.8 Å². The van der Waals surface area contributed by atoms with Crippen molar-refractivity contribution in [3.05, 3.63) is 18.1 Å². The van der Waals surface area contributed by atoms with E-state index in [1.54, 1.807) is 6.92 Å². The smallest absolute Gasteiger partial charge is 0.358 e. The van der Waals surface area contributed by atoms with Gasteiger partial charge in [0.15, 0.2) is 11.5 Å². The molecule has 8 nitrogen and oxygen atoms in total. The summed E-state index contributed by atoms with van der Waals surface area (Å²) in [6, 6.07) is 0. The van der Waals surface area contributed by atoms with Crippen molar-refractivity contribution < 1.29 is 23.9 Å². The Labute approximate surface area is 121 Å². The summed E-state index contributed by atoms with van der Waals surface area (Å²) < 4.78 is 9.02. The lowest BCUT2D eigenvalue weighted by Gasteiger charge is -2.09. The van der Waals surface area contributed by atoms with Crippen LogP contribution in [-0.4, -0.2) is 42.0 Å². The van der Waals surface area contributed by atoms with Gasteiger partial charge in [0.2, 0.25) is 5.91 Å². The summed E-state index contributed by atoms with van der Waals surface area (Å²) in [5, 5.41) is 2.53. The summed E-state index contributed by atoms with van der Waals surface area (Å²) in [4.78, 5) is 41.7. The van der Waals surface area contributed by atoms with Gasteiger partial charge in [-0.3, -0.25) is 9.59 Å². The lowest BCUT2D eigenvalue weighted by atomic mass is 10.0. The fraction of sp³-hybridized carbons (Fsp3) is 0.462. The van der Waals surface area contributed by atoms with E-state index in [-0.39, 0.29) is 42.1 Å². The van der Waals surface area contributed by atoms with Gasteiger partial charge < -0.3 is 14.8 Å². The zero-order chi connectivity index (χ0) is 15.8. The van der Waals surface area contributed by atoms with Crippen molar-refractivity contribution in [3.63, 3.8) is 0 Å². The molecule has 0 aliphatic carbocycles. The lowest BCUT2D eigenvalue weighted by molar-refractivity contribution is -0.141. The number of anilines is 1. The Balaban J connectivity index is 2.51. The zero-order valence-electron chi connectivity index (χ0n) is 12.1. The SMILES string of the molecule is COC(=O)CC(C)CC(=O)Nc1cnc(C(=O)OC)cn1. The van der Waals surface area contributed by atoms with E-state index in [1.807, 2.05) is 0 Å². The van der Waals surface area contributed by atoms with Crippen molar-refractivity contribution in [2.75, 3.05) is 19.5 Å². The first-order valence-electron chi connectivity index (χ1n) is 6.23. The van der Waals surface area contributed by atoms with Crippen molar-refractivity contribution in [1.82, 2.24) is 9.97 Å². The lowest BCUT2D eigenvalue weighted by Crippen LogP contribution is -2.18. The van der Waals surface area contributed by atoms with Crippen LogP contribution in [0.15, 0.2) is 12.4 Å². The molecule has 114 valence electrons. The molecule has 0 aliphatic heterocycles. The average Bonchev–Trinajstić information content (AvgIpc) is 2.46. The summed E-state index contributed by atoms with van der Waals surface area (Å²) in [5.74, 6) is -1.20. The van der Waals surface area contributed by atoms with E-state index < -0.39 is 5.97 Å². The van der Waals surface area contributed by atoms with Gasteiger partial charge >= 0.3 is 11.9 Å². The highest BCUT2D eigenvalue weighted by atomic mass is 16.5. The summed E-state index contributed by atoms with van der Waals surface area (Å²) >= 11 is 0. The highest BCUT2D eigenvalue weighted by Crippen LogP contribution is 2.10. The minimum Gasteiger partial charge on any atom is -0.469 e. The second-order valence-electron chi connectivity index (χ2n) is 4.42. The molecule has 0 saturated heterocycles. The number of hydrogen-bond donors (Lipinski definition) is 1. The van der Waals surface area contributed by atoms with Crippen molar-refractivity contribution >= 4 is 23.7 Å². The van der Waals surface area contributed by atoms with Gasteiger partial charge in [-0.15, -0.1) is 0 Å². The Bertz CT molecular complexity index is 515. The van der Waals surface area contributed by atoms with E-state index in [0.29, 0.717) is 0 Å². The monoisotopic (exact) mass is 295 g/mol. The van der Waals surface area contributed by atoms with Crippen LogP contribution >= 0.6 is 0 Å². The fourth-order valence-electron chi connectivity index (χ4n) is 1.55. The van der Waals surface area contributed by atoms with Crippen LogP contribution in [0.1, 0.15) is 30.3 Å². The third kappa shape index (κ3) is 5.55. The molecule has 0 spiro atoms. The molecule has 1 aromatic rings. The van der Waals surface area contributed by atoms with E-state index in [0.717, 1.165) is 0 Å². The largest absolute Gasteiger partial charge is 0.469 e. The highest BCUT2D eigenvalue weighted by molar-refractivity contribution is 5.90. The third-order valence-corrected chi connectivity index (χ3v) is 2.59. The number of carbonyl (C=O) groups is 3. The first kappa shape index (κ1) is 16.5. The van der Waals surface area contributed by atoms with Gasteiger partial charge in [0.05, 0.1) is 26.6 Å². The number of amides is 1. The van der Waals surface area contributed by atoms with Gasteiger partial charge in [0.25, 0.3) is 0 Å². The van der Waals surface area contributed by atoms with Gasteiger partial charge in [-0.05, 0) is 5.92 Å². The number of ether oxygens (including phenoxy) is 2. The van der Waals surface area contributed by atoms with Gasteiger partial charge in [0.1, 0.15) is 0 Å². The number of aromatic nitrogens is 2. The van der Waals surface area contributed by atoms with Crippen LogP contribution in [0.25, 0.3) is 0 Å². The molecule has 8 heteroatoms. The maximum atomic E-state index is 11.7. The molecular formula is C13H17N3O5. The Morgan fingerprint density at radius 3 is 2.38 bits per heavy atom. The summed E-state index contributed by atoms with van der Waals surface area (Å²) in [6.45, 7) is 1.77. The Morgan fingerprint density at radius 2 is 1.86 bits per heavy atom. The molecule has 1 aromatic heterocycles. The van der Waals surface area contributed by atoms with Gasteiger partial charge in [-0.1, -0.05) is 6.92 Å². The quantitative estimate of drug-likeness (QED) is 0.773. The van der Waals surface area contributed by atoms with Crippen molar-refractivity contribution in [2.45, 2.75) is 19.8 Å². The van der Waals surface area contributed by atoms with Crippen LogP contribution in [-0.2, 0) is 19.1 Å². The minimum atomic E-state index is -0.605. The van der Waals surface area contributed by atoms with Crippen LogP contribution in [0.4, 0.5) is 5.82 Å². The zero-order valence-corrected chi connectivity index (χ0v) is 12.1. The molecule has 0 radical (unpaired) electrons. The number of rotatable bonds is 6. The van der Waals surface area contributed by atoms with E-state index in [4.69, 9.17) is 0 Å². The molecule has 21 heavy (non-hydrogen) atoms. The van der Waals surface area contributed by atoms with Gasteiger partial charge in [-0.2, -0.15) is 0 Å². The van der Waals surface area contributed by atoms with E-state index in [1.165, 1.54) is 26.6 Å². The second kappa shape index (κ2) is 7.93. The number of esters is 2. The highest BCUT2D eigenvalue weighted by Gasteiger charge is 2.14. The standard InChI is InChI=1S/C13H17N3O5/c1-8(5-12(18)20-2)4-11(17)16-10-7-14-9(6-15-10)13(19)21-3/h6-8H,4-5H2,1-3H3,(H,15,16,17). The summed E-state index contributed by atoms with van der Waals surface area (Å²) in [5.41, 5.74) is 0.0505. The maximum Gasteiger partial charge on any atom is 0.358 e. The van der Waals surface area contributed by atoms with Crippen molar-refractivity contribution in [3.8, 4) is 0 Å². The van der Waals surface area contributed by atoms with E-state index in [2.05, 4.69) is 24.8 Å². The molecule has 0 aliphatic rings. The first-order valence-corrected chi connectivity index (χ1v) is 6.23. The topological polar surface area (TPSA) is 107 Å². The van der Waals surface area contributed by atoms with Crippen LogP contribution < -0.4 is 5.32 Å². The fourth-order valence-corrected chi connectivity index (χ4v) is 1.55. The molecule has 0 aromatic carbocycles. The number of nitrogens with zero attached hydrogens (tertiary/aromatic N) is 2. The average molecular weight is 295 g/mol. The van der Waals surface area contributed by atoms with Crippen LogP contribution in [0, 0.1) is 5.92 Å². The van der Waals surface area contributed by atoms with Crippen molar-refractivity contribution in [2.24, 2.45) is 5.92 Å². The predicted molar refractivity (Wildman–Crippen MR) is 72.4 cm³/mol. The molecular weight excluding hydrogens is 278 g/mol. The molecule has 1 heterocycles. The molecule has 0 saturated carbocycles. The number of methoxy groups -OCH3 is 2. The van der Waals surface area contributed by atoms with Crippen LogP contribution in [0.3, 0.4) is 0 Å². The normalized spacial score (nSPS) is 11.4. The number of hydrogen-bond acceptors (Lipinski definition) is 7. The molecule has 1 rings (SSSR count). The van der Waals surface area contributed by atoms with Gasteiger partial charge in [0, 0.05) is 12.8 Å². The van der Waals surface area contributed by atoms with E-state index in [9.17, 15) is 14.4 Å². The summed E-state index contributed by atoms with van der Waals surface area (Å²) in [6.07, 6.45) is 2.78. The molecule has 0 fully saturated rings. The Kier molecular flexibility index (Phi) is 6.25.